The molecule has 0 aromatic carbocycles. The molecule has 4 atom stereocenters. The van der Waals surface area contributed by atoms with Crippen molar-refractivity contribution >= 4 is 6.47 Å². The number of carbonyl (C=O) groups excluding carboxylic acids is 1. The predicted octanol–water partition coefficient (Wildman–Crippen LogP) is 3.93. The first kappa shape index (κ1) is 12.5. The van der Waals surface area contributed by atoms with Gasteiger partial charge in [-0.1, -0.05) is 20.8 Å². The van der Waals surface area contributed by atoms with E-state index in [9.17, 15) is 4.79 Å². The molecular formula is C16H26O2. The lowest BCUT2D eigenvalue weighted by Gasteiger charge is -2.58. The highest BCUT2D eigenvalue weighted by molar-refractivity contribution is 5.39. The summed E-state index contributed by atoms with van der Waals surface area (Å²) in [7, 11) is 0. The summed E-state index contributed by atoms with van der Waals surface area (Å²) in [5, 5.41) is 0. The fourth-order valence-corrected chi connectivity index (χ4v) is 5.42. The lowest BCUT2D eigenvalue weighted by atomic mass is 9.49. The molecule has 3 aliphatic carbocycles. The molecule has 3 aliphatic rings. The Morgan fingerprint density at radius 3 is 2.56 bits per heavy atom. The lowest BCUT2D eigenvalue weighted by molar-refractivity contribution is -0.189. The summed E-state index contributed by atoms with van der Waals surface area (Å²) in [5.41, 5.74) is 0.748. The molecule has 0 spiro atoms. The van der Waals surface area contributed by atoms with Crippen LogP contribution in [0.5, 0.6) is 0 Å². The summed E-state index contributed by atoms with van der Waals surface area (Å²) in [6.07, 6.45) is 8.64. The van der Waals surface area contributed by atoms with Gasteiger partial charge in [0.25, 0.3) is 6.47 Å². The number of fused-ring (bicyclic) bond motifs is 4. The van der Waals surface area contributed by atoms with Crippen molar-refractivity contribution < 1.29 is 9.53 Å². The third-order valence-corrected chi connectivity index (χ3v) is 6.36. The van der Waals surface area contributed by atoms with Crippen molar-refractivity contribution in [2.75, 3.05) is 0 Å². The second-order valence-electron chi connectivity index (χ2n) is 8.06. The molecule has 0 unspecified atom stereocenters. The molecule has 2 heteroatoms. The lowest BCUT2D eigenvalue weighted by Crippen LogP contribution is -2.57. The minimum Gasteiger partial charge on any atom is -0.461 e. The normalized spacial score (nSPS) is 49.5. The SMILES string of the molecule is CC1(C)C[C@H]2[C@H]1CC[C@]1(C)CCC[C@@]2(OC=O)C1. The van der Waals surface area contributed by atoms with Crippen molar-refractivity contribution in [2.24, 2.45) is 22.7 Å². The minimum absolute atomic E-state index is 0.120. The Balaban J connectivity index is 1.95. The van der Waals surface area contributed by atoms with Gasteiger partial charge in [0.1, 0.15) is 5.60 Å². The number of rotatable bonds is 2. The quantitative estimate of drug-likeness (QED) is 0.694. The first-order valence-corrected chi connectivity index (χ1v) is 7.52. The van der Waals surface area contributed by atoms with E-state index < -0.39 is 0 Å². The molecule has 102 valence electrons. The molecular weight excluding hydrogens is 224 g/mol. The molecule has 3 rings (SSSR count). The van der Waals surface area contributed by atoms with Gasteiger partial charge >= 0.3 is 0 Å². The van der Waals surface area contributed by atoms with Crippen LogP contribution in [-0.2, 0) is 9.53 Å². The van der Waals surface area contributed by atoms with Gasteiger partial charge < -0.3 is 4.74 Å². The number of hydrogen-bond acceptors (Lipinski definition) is 2. The van der Waals surface area contributed by atoms with Crippen molar-refractivity contribution in [3.05, 3.63) is 0 Å². The van der Waals surface area contributed by atoms with Crippen LogP contribution in [0, 0.1) is 22.7 Å². The first-order chi connectivity index (χ1) is 8.41. The summed E-state index contributed by atoms with van der Waals surface area (Å²) in [6, 6.07) is 0. The Morgan fingerprint density at radius 2 is 1.89 bits per heavy atom. The molecule has 0 aromatic heterocycles. The zero-order valence-electron chi connectivity index (χ0n) is 12.0. The monoisotopic (exact) mass is 250 g/mol. The van der Waals surface area contributed by atoms with Crippen LogP contribution in [0.25, 0.3) is 0 Å². The Labute approximate surface area is 110 Å². The van der Waals surface area contributed by atoms with Crippen LogP contribution in [0.1, 0.15) is 65.7 Å². The van der Waals surface area contributed by atoms with Gasteiger partial charge in [-0.2, -0.15) is 0 Å². The summed E-state index contributed by atoms with van der Waals surface area (Å²) >= 11 is 0. The molecule has 0 radical (unpaired) electrons. The molecule has 0 heterocycles. The van der Waals surface area contributed by atoms with E-state index in [1.165, 1.54) is 32.1 Å². The van der Waals surface area contributed by atoms with Crippen molar-refractivity contribution in [1.29, 1.82) is 0 Å². The molecule has 2 bridgehead atoms. The zero-order chi connectivity index (χ0) is 13.0. The second kappa shape index (κ2) is 3.74. The predicted molar refractivity (Wildman–Crippen MR) is 71.1 cm³/mol. The van der Waals surface area contributed by atoms with Gasteiger partial charge in [-0.3, -0.25) is 4.79 Å². The van der Waals surface area contributed by atoms with Gasteiger partial charge in [0, 0.05) is 5.92 Å². The van der Waals surface area contributed by atoms with E-state index >= 15 is 0 Å². The van der Waals surface area contributed by atoms with Crippen LogP contribution >= 0.6 is 0 Å². The van der Waals surface area contributed by atoms with Gasteiger partial charge in [0.15, 0.2) is 0 Å². The van der Waals surface area contributed by atoms with E-state index in [1.54, 1.807) is 0 Å². The topological polar surface area (TPSA) is 26.3 Å². The third kappa shape index (κ3) is 1.64. The van der Waals surface area contributed by atoms with Crippen LogP contribution in [0.2, 0.25) is 0 Å². The molecule has 0 saturated heterocycles. The molecule has 2 nitrogen and oxygen atoms in total. The van der Waals surface area contributed by atoms with Crippen molar-refractivity contribution in [3.8, 4) is 0 Å². The van der Waals surface area contributed by atoms with E-state index in [1.807, 2.05) is 0 Å². The smallest absolute Gasteiger partial charge is 0.293 e. The number of hydrogen-bond donors (Lipinski definition) is 0. The maximum atomic E-state index is 11.0. The van der Waals surface area contributed by atoms with Gasteiger partial charge in [-0.05, 0) is 61.7 Å². The van der Waals surface area contributed by atoms with Gasteiger partial charge in [0.2, 0.25) is 0 Å². The highest BCUT2D eigenvalue weighted by Crippen LogP contribution is 2.65. The summed E-state index contributed by atoms with van der Waals surface area (Å²) in [4.78, 5) is 11.0. The number of carbonyl (C=O) groups is 1. The van der Waals surface area contributed by atoms with E-state index in [2.05, 4.69) is 20.8 Å². The largest absolute Gasteiger partial charge is 0.461 e. The first-order valence-electron chi connectivity index (χ1n) is 7.52. The molecule has 0 N–H and O–H groups in total. The summed E-state index contributed by atoms with van der Waals surface area (Å²) in [5.74, 6) is 1.39. The van der Waals surface area contributed by atoms with Gasteiger partial charge in [-0.25, -0.2) is 0 Å². The average molecular weight is 250 g/mol. The molecule has 18 heavy (non-hydrogen) atoms. The fourth-order valence-electron chi connectivity index (χ4n) is 5.42. The Bertz CT molecular complexity index is 362. The number of ether oxygens (including phenoxy) is 1. The van der Waals surface area contributed by atoms with Crippen molar-refractivity contribution in [3.63, 3.8) is 0 Å². The highest BCUT2D eigenvalue weighted by atomic mass is 16.5. The van der Waals surface area contributed by atoms with E-state index in [-0.39, 0.29) is 5.60 Å². The Kier molecular flexibility index (Phi) is 2.60. The zero-order valence-corrected chi connectivity index (χ0v) is 12.0. The van der Waals surface area contributed by atoms with Crippen LogP contribution in [0.15, 0.2) is 0 Å². The minimum atomic E-state index is -0.120. The maximum absolute atomic E-state index is 11.0. The molecule has 3 saturated carbocycles. The average Bonchev–Trinajstić information content (AvgIpc) is 2.32. The highest BCUT2D eigenvalue weighted by Gasteiger charge is 2.61. The van der Waals surface area contributed by atoms with Crippen LogP contribution < -0.4 is 0 Å². The second-order valence-corrected chi connectivity index (χ2v) is 8.06. The van der Waals surface area contributed by atoms with E-state index in [4.69, 9.17) is 4.74 Å². The summed E-state index contributed by atoms with van der Waals surface area (Å²) < 4.78 is 5.73. The van der Waals surface area contributed by atoms with Crippen LogP contribution in [-0.4, -0.2) is 12.1 Å². The van der Waals surface area contributed by atoms with Crippen molar-refractivity contribution in [1.82, 2.24) is 0 Å². The molecule has 0 aromatic rings. The van der Waals surface area contributed by atoms with Crippen LogP contribution in [0.4, 0.5) is 0 Å². The van der Waals surface area contributed by atoms with Gasteiger partial charge in [0.05, 0.1) is 0 Å². The standard InChI is InChI=1S/C16H26O2/c1-14(2)9-13-12(14)5-8-15(3)6-4-7-16(13,10-15)18-11-17/h11-13H,4-10H2,1-3H3/t12-,13+,15+,16-/m1/s1. The van der Waals surface area contributed by atoms with E-state index in [0.717, 1.165) is 25.2 Å². The molecule has 0 amide bonds. The Morgan fingerprint density at radius 1 is 1.11 bits per heavy atom. The van der Waals surface area contributed by atoms with E-state index in [0.29, 0.717) is 16.7 Å². The molecule has 0 aliphatic heterocycles. The van der Waals surface area contributed by atoms with Gasteiger partial charge in [-0.15, -0.1) is 0 Å². The fraction of sp³-hybridized carbons (Fsp3) is 0.938. The Hall–Kier alpha value is -0.530. The third-order valence-electron chi connectivity index (χ3n) is 6.36. The summed E-state index contributed by atoms with van der Waals surface area (Å²) in [6.45, 7) is 7.91. The van der Waals surface area contributed by atoms with Crippen LogP contribution in [0.3, 0.4) is 0 Å². The maximum Gasteiger partial charge on any atom is 0.293 e. The van der Waals surface area contributed by atoms with Crippen molar-refractivity contribution in [2.45, 2.75) is 71.3 Å². The molecule has 3 fully saturated rings.